The van der Waals surface area contributed by atoms with Crippen LogP contribution in [0, 0.1) is 6.92 Å². The number of carbonyl (C=O) groups is 2. The second-order valence-electron chi connectivity index (χ2n) is 6.08. The summed E-state index contributed by atoms with van der Waals surface area (Å²) in [4.78, 5) is 25.0. The van der Waals surface area contributed by atoms with Crippen LogP contribution < -0.4 is 20.7 Å². The summed E-state index contributed by atoms with van der Waals surface area (Å²) in [5.41, 5.74) is 3.43. The van der Waals surface area contributed by atoms with Gasteiger partial charge in [-0.05, 0) is 37.1 Å². The van der Waals surface area contributed by atoms with Crippen molar-refractivity contribution in [3.8, 4) is 5.75 Å². The van der Waals surface area contributed by atoms with Gasteiger partial charge >= 0.3 is 6.03 Å². The Balaban J connectivity index is 1.99. The Hall–Kier alpha value is -3.28. The Bertz CT molecular complexity index is 889. The molecule has 0 aromatic heterocycles. The van der Waals surface area contributed by atoms with Crippen molar-refractivity contribution in [2.75, 3.05) is 12.4 Å². The van der Waals surface area contributed by atoms with Crippen LogP contribution in [-0.2, 0) is 4.79 Å². The maximum atomic E-state index is 13.0. The van der Waals surface area contributed by atoms with Crippen LogP contribution in [0.5, 0.6) is 5.75 Å². The number of allylic oxidation sites excluding steroid dienone is 1. The van der Waals surface area contributed by atoms with E-state index < -0.39 is 6.04 Å². The molecular weight excluding hydrogens is 330 g/mol. The highest BCUT2D eigenvalue weighted by atomic mass is 16.5. The lowest BCUT2D eigenvalue weighted by Crippen LogP contribution is -2.46. The summed E-state index contributed by atoms with van der Waals surface area (Å²) in [5.74, 6) is 0.270. The molecule has 2 aromatic rings. The molecule has 0 aliphatic carbocycles. The summed E-state index contributed by atoms with van der Waals surface area (Å²) in [7, 11) is 1.55. The van der Waals surface area contributed by atoms with Crippen molar-refractivity contribution in [2.45, 2.75) is 19.9 Å². The summed E-state index contributed by atoms with van der Waals surface area (Å²) in [6.45, 7) is 3.68. The number of carbonyl (C=O) groups excluding carboxylic acids is 2. The number of benzene rings is 2. The molecule has 0 fully saturated rings. The Morgan fingerprint density at radius 3 is 2.50 bits per heavy atom. The van der Waals surface area contributed by atoms with E-state index in [9.17, 15) is 9.59 Å². The van der Waals surface area contributed by atoms with E-state index in [-0.39, 0.29) is 11.9 Å². The molecule has 2 aromatic carbocycles. The number of hydrogen-bond acceptors (Lipinski definition) is 3. The van der Waals surface area contributed by atoms with E-state index in [1.807, 2.05) is 43.3 Å². The average molecular weight is 351 g/mol. The molecule has 0 saturated carbocycles. The van der Waals surface area contributed by atoms with Crippen LogP contribution in [0.15, 0.2) is 59.8 Å². The van der Waals surface area contributed by atoms with E-state index in [2.05, 4.69) is 16.0 Å². The van der Waals surface area contributed by atoms with Crippen molar-refractivity contribution >= 4 is 17.6 Å². The predicted molar refractivity (Wildman–Crippen MR) is 99.9 cm³/mol. The van der Waals surface area contributed by atoms with Crippen molar-refractivity contribution in [1.29, 1.82) is 0 Å². The van der Waals surface area contributed by atoms with Gasteiger partial charge in [-0.25, -0.2) is 4.79 Å². The van der Waals surface area contributed by atoms with Gasteiger partial charge in [-0.1, -0.05) is 36.4 Å². The molecule has 0 radical (unpaired) electrons. The molecule has 6 heteroatoms. The molecule has 3 amide bonds. The van der Waals surface area contributed by atoms with Crippen LogP contribution in [0.1, 0.15) is 24.1 Å². The van der Waals surface area contributed by atoms with Crippen LogP contribution in [-0.4, -0.2) is 19.0 Å². The molecule has 1 heterocycles. The summed E-state index contributed by atoms with van der Waals surface area (Å²) >= 11 is 0. The Morgan fingerprint density at radius 2 is 1.77 bits per heavy atom. The molecule has 26 heavy (non-hydrogen) atoms. The number of amides is 3. The first kappa shape index (κ1) is 17.5. The first-order valence-corrected chi connectivity index (χ1v) is 8.29. The lowest BCUT2D eigenvalue weighted by molar-refractivity contribution is -0.113. The molecule has 0 spiro atoms. The number of para-hydroxylation sites is 2. The van der Waals surface area contributed by atoms with Gasteiger partial charge in [-0.3, -0.25) is 4.79 Å². The van der Waals surface area contributed by atoms with Gasteiger partial charge in [-0.2, -0.15) is 0 Å². The van der Waals surface area contributed by atoms with Crippen LogP contribution in [0.3, 0.4) is 0 Å². The summed E-state index contributed by atoms with van der Waals surface area (Å²) in [6.07, 6.45) is 0. The van der Waals surface area contributed by atoms with Gasteiger partial charge in [-0.15, -0.1) is 0 Å². The maximum absolute atomic E-state index is 13.0. The van der Waals surface area contributed by atoms with E-state index in [0.29, 0.717) is 22.7 Å². The van der Waals surface area contributed by atoms with Gasteiger partial charge in [0.1, 0.15) is 5.75 Å². The maximum Gasteiger partial charge on any atom is 0.319 e. The molecule has 1 aliphatic heterocycles. The highest BCUT2D eigenvalue weighted by molar-refractivity contribution is 6.07. The van der Waals surface area contributed by atoms with Crippen molar-refractivity contribution in [1.82, 2.24) is 10.6 Å². The number of ether oxygens (including phenoxy) is 1. The number of methoxy groups -OCH3 is 1. The molecule has 3 rings (SSSR count). The highest BCUT2D eigenvalue weighted by Crippen LogP contribution is 2.31. The zero-order valence-corrected chi connectivity index (χ0v) is 14.9. The number of rotatable bonds is 4. The molecule has 0 saturated heterocycles. The number of anilines is 1. The van der Waals surface area contributed by atoms with Crippen LogP contribution >= 0.6 is 0 Å². The van der Waals surface area contributed by atoms with Gasteiger partial charge in [0.15, 0.2) is 0 Å². The van der Waals surface area contributed by atoms with Gasteiger partial charge < -0.3 is 20.7 Å². The van der Waals surface area contributed by atoms with Crippen LogP contribution in [0.4, 0.5) is 10.5 Å². The molecule has 6 nitrogen and oxygen atoms in total. The fraction of sp³-hybridized carbons (Fsp3) is 0.200. The zero-order valence-electron chi connectivity index (χ0n) is 14.9. The van der Waals surface area contributed by atoms with E-state index in [1.165, 1.54) is 0 Å². The number of aryl methyl sites for hydroxylation is 1. The van der Waals surface area contributed by atoms with Crippen molar-refractivity contribution in [3.05, 3.63) is 70.9 Å². The molecule has 1 aliphatic rings. The van der Waals surface area contributed by atoms with Gasteiger partial charge in [0.25, 0.3) is 5.91 Å². The lowest BCUT2D eigenvalue weighted by Gasteiger charge is -2.29. The molecule has 1 atom stereocenters. The molecule has 0 bridgehead atoms. The third-order valence-corrected chi connectivity index (χ3v) is 4.37. The van der Waals surface area contributed by atoms with E-state index in [0.717, 1.165) is 11.1 Å². The molecular formula is C20H21N3O3. The standard InChI is InChI=1S/C20H21N3O3/c1-12-8-4-5-9-14(12)18-17(13(2)21-20(25)23-18)19(24)22-15-10-6-7-11-16(15)26-3/h4-11,18H,1-3H3,(H,22,24)(H2,21,23,25)/t18-/m0/s1. The quantitative estimate of drug-likeness (QED) is 0.791. The minimum Gasteiger partial charge on any atom is -0.495 e. The first-order valence-electron chi connectivity index (χ1n) is 8.29. The van der Waals surface area contributed by atoms with E-state index in [4.69, 9.17) is 4.74 Å². The Kier molecular flexibility index (Phi) is 4.93. The highest BCUT2D eigenvalue weighted by Gasteiger charge is 2.32. The number of urea groups is 1. The second kappa shape index (κ2) is 7.31. The van der Waals surface area contributed by atoms with Gasteiger partial charge in [0.2, 0.25) is 0 Å². The molecule has 134 valence electrons. The van der Waals surface area contributed by atoms with E-state index >= 15 is 0 Å². The zero-order chi connectivity index (χ0) is 18.7. The summed E-state index contributed by atoms with van der Waals surface area (Å²) in [5, 5.41) is 8.41. The molecule has 3 N–H and O–H groups in total. The largest absolute Gasteiger partial charge is 0.495 e. The first-order chi connectivity index (χ1) is 12.5. The van der Waals surface area contributed by atoms with Gasteiger partial charge in [0.05, 0.1) is 24.4 Å². The summed E-state index contributed by atoms with van der Waals surface area (Å²) < 4.78 is 5.29. The second-order valence-corrected chi connectivity index (χ2v) is 6.08. The van der Waals surface area contributed by atoms with Crippen molar-refractivity contribution in [2.24, 2.45) is 0 Å². The Morgan fingerprint density at radius 1 is 1.08 bits per heavy atom. The fourth-order valence-corrected chi connectivity index (χ4v) is 3.08. The predicted octanol–water partition coefficient (Wildman–Crippen LogP) is 3.27. The van der Waals surface area contributed by atoms with Crippen molar-refractivity contribution < 1.29 is 14.3 Å². The minimum atomic E-state index is -0.528. The Labute approximate surface area is 152 Å². The minimum absolute atomic E-state index is 0.298. The number of hydrogen-bond donors (Lipinski definition) is 3. The van der Waals surface area contributed by atoms with E-state index in [1.54, 1.807) is 26.2 Å². The van der Waals surface area contributed by atoms with Crippen LogP contribution in [0.2, 0.25) is 0 Å². The average Bonchev–Trinajstić information content (AvgIpc) is 2.61. The smallest absolute Gasteiger partial charge is 0.319 e. The fourth-order valence-electron chi connectivity index (χ4n) is 3.08. The third kappa shape index (κ3) is 3.39. The van der Waals surface area contributed by atoms with Gasteiger partial charge in [0, 0.05) is 5.70 Å². The topological polar surface area (TPSA) is 79.5 Å². The van der Waals surface area contributed by atoms with Crippen LogP contribution in [0.25, 0.3) is 0 Å². The monoisotopic (exact) mass is 351 g/mol. The molecule has 0 unspecified atom stereocenters. The van der Waals surface area contributed by atoms with Crippen molar-refractivity contribution in [3.63, 3.8) is 0 Å². The SMILES string of the molecule is COc1ccccc1NC(=O)C1=C(C)NC(=O)N[C@H]1c1ccccc1C. The third-order valence-electron chi connectivity index (χ3n) is 4.37. The number of nitrogens with one attached hydrogen (secondary N) is 3. The normalized spacial score (nSPS) is 16.6. The summed E-state index contributed by atoms with van der Waals surface area (Å²) in [6, 6.07) is 14.0. The lowest BCUT2D eigenvalue weighted by atomic mass is 9.92.